The number of carbonyl (C=O) groups is 2. The van der Waals surface area contributed by atoms with Crippen LogP contribution in [0.2, 0.25) is 0 Å². The molecule has 0 bridgehead atoms. The van der Waals surface area contributed by atoms with E-state index in [0.717, 1.165) is 25.1 Å². The average Bonchev–Trinajstić information content (AvgIpc) is 2.44. The van der Waals surface area contributed by atoms with Crippen molar-refractivity contribution >= 4 is 23.6 Å². The summed E-state index contributed by atoms with van der Waals surface area (Å²) in [7, 11) is 1.38. The molecule has 0 N–H and O–H groups in total. The third-order valence-corrected chi connectivity index (χ3v) is 5.07. The van der Waals surface area contributed by atoms with Gasteiger partial charge in [0.1, 0.15) is 0 Å². The highest BCUT2D eigenvalue weighted by Crippen LogP contribution is 2.28. The highest BCUT2D eigenvalue weighted by molar-refractivity contribution is 8.00. The highest BCUT2D eigenvalue weighted by atomic mass is 32.2. The summed E-state index contributed by atoms with van der Waals surface area (Å²) in [5.41, 5.74) is 0. The number of nitrogens with zero attached hydrogens (tertiary/aromatic N) is 1. The van der Waals surface area contributed by atoms with Crippen LogP contribution < -0.4 is 0 Å². The summed E-state index contributed by atoms with van der Waals surface area (Å²) in [5, 5.41) is 0. The van der Waals surface area contributed by atoms with Crippen LogP contribution in [-0.2, 0) is 14.3 Å². The monoisotopic (exact) mass is 315 g/mol. The molecule has 1 aliphatic rings. The summed E-state index contributed by atoms with van der Waals surface area (Å²) in [4.78, 5) is 25.5. The van der Waals surface area contributed by atoms with Gasteiger partial charge in [0.2, 0.25) is 5.91 Å². The molecule has 0 aromatic carbocycles. The van der Waals surface area contributed by atoms with Crippen LogP contribution in [0.5, 0.6) is 0 Å². The van der Waals surface area contributed by atoms with Gasteiger partial charge in [-0.2, -0.15) is 11.8 Å². The molecule has 1 rings (SSSR count). The second-order valence-electron chi connectivity index (χ2n) is 6.59. The number of rotatable bonds is 6. The Hall–Kier alpha value is -0.710. The number of hydrogen-bond donors (Lipinski definition) is 0. The summed E-state index contributed by atoms with van der Waals surface area (Å²) in [5.74, 6) is 0.964. The van der Waals surface area contributed by atoms with E-state index >= 15 is 0 Å². The molecule has 1 aliphatic heterocycles. The first-order chi connectivity index (χ1) is 9.83. The van der Waals surface area contributed by atoms with Crippen LogP contribution in [0.1, 0.15) is 59.3 Å². The molecule has 0 unspecified atom stereocenters. The summed E-state index contributed by atoms with van der Waals surface area (Å²) in [6, 6.07) is 0.355. The highest BCUT2D eigenvalue weighted by Gasteiger charge is 2.27. The molecule has 1 fully saturated rings. The van der Waals surface area contributed by atoms with E-state index < -0.39 is 0 Å². The van der Waals surface area contributed by atoms with E-state index in [1.165, 1.54) is 13.5 Å². The smallest absolute Gasteiger partial charge is 0.305 e. The van der Waals surface area contributed by atoms with Gasteiger partial charge in [0, 0.05) is 35.9 Å². The van der Waals surface area contributed by atoms with Gasteiger partial charge in [0.15, 0.2) is 0 Å². The molecule has 1 heterocycles. The normalized spacial score (nSPS) is 19.4. The lowest BCUT2D eigenvalue weighted by atomic mass is 10.0. The number of piperidine rings is 1. The second kappa shape index (κ2) is 8.66. The van der Waals surface area contributed by atoms with Gasteiger partial charge in [-0.3, -0.25) is 9.59 Å². The fourth-order valence-corrected chi connectivity index (χ4v) is 3.52. The van der Waals surface area contributed by atoms with Gasteiger partial charge in [-0.15, -0.1) is 0 Å². The van der Waals surface area contributed by atoms with Crippen LogP contribution in [0.15, 0.2) is 0 Å². The van der Waals surface area contributed by atoms with Crippen LogP contribution in [0.3, 0.4) is 0 Å². The Morgan fingerprint density at radius 1 is 1.24 bits per heavy atom. The topological polar surface area (TPSA) is 46.6 Å². The largest absolute Gasteiger partial charge is 0.469 e. The Balaban J connectivity index is 2.44. The molecule has 0 aliphatic carbocycles. The maximum absolute atomic E-state index is 12.4. The maximum atomic E-state index is 12.4. The number of ether oxygens (including phenoxy) is 1. The van der Waals surface area contributed by atoms with E-state index in [4.69, 9.17) is 0 Å². The zero-order chi connectivity index (χ0) is 15.9. The van der Waals surface area contributed by atoms with Crippen LogP contribution in [0, 0.1) is 0 Å². The van der Waals surface area contributed by atoms with E-state index in [-0.39, 0.29) is 16.6 Å². The number of amides is 1. The fraction of sp³-hybridized carbons (Fsp3) is 0.875. The first-order valence-electron chi connectivity index (χ1n) is 7.84. The lowest BCUT2D eigenvalue weighted by Crippen LogP contribution is -2.45. The maximum Gasteiger partial charge on any atom is 0.305 e. The van der Waals surface area contributed by atoms with Crippen molar-refractivity contribution in [1.29, 1.82) is 0 Å². The Morgan fingerprint density at radius 3 is 2.57 bits per heavy atom. The lowest BCUT2D eigenvalue weighted by molar-refractivity contribution is -0.141. The van der Waals surface area contributed by atoms with Crippen LogP contribution in [0.4, 0.5) is 0 Å². The van der Waals surface area contributed by atoms with Crippen molar-refractivity contribution < 1.29 is 14.3 Å². The molecule has 5 heteroatoms. The van der Waals surface area contributed by atoms with Gasteiger partial charge in [-0.1, -0.05) is 20.8 Å². The Kier molecular flexibility index (Phi) is 7.57. The molecule has 1 saturated heterocycles. The van der Waals surface area contributed by atoms with Gasteiger partial charge in [-0.25, -0.2) is 0 Å². The predicted molar refractivity (Wildman–Crippen MR) is 87.4 cm³/mol. The van der Waals surface area contributed by atoms with E-state index in [1.807, 2.05) is 16.7 Å². The minimum atomic E-state index is -0.235. The number of hydrogen-bond acceptors (Lipinski definition) is 4. The Labute approximate surface area is 133 Å². The molecular formula is C16H29NO3S. The molecular weight excluding hydrogens is 286 g/mol. The minimum Gasteiger partial charge on any atom is -0.469 e. The fourth-order valence-electron chi connectivity index (χ4n) is 2.48. The van der Waals surface area contributed by atoms with E-state index in [2.05, 4.69) is 25.5 Å². The second-order valence-corrected chi connectivity index (χ2v) is 8.44. The number of methoxy groups -OCH3 is 1. The SMILES string of the molecule is COC(=O)CCCC(=O)N1CCCC[C@@H]1CSC(C)(C)C. The third kappa shape index (κ3) is 7.21. The summed E-state index contributed by atoms with van der Waals surface area (Å²) < 4.78 is 4.84. The quantitative estimate of drug-likeness (QED) is 0.706. The van der Waals surface area contributed by atoms with Crippen molar-refractivity contribution in [2.45, 2.75) is 70.1 Å². The molecule has 1 atom stereocenters. The van der Waals surface area contributed by atoms with Gasteiger partial charge in [-0.05, 0) is 25.7 Å². The van der Waals surface area contributed by atoms with Crippen molar-refractivity contribution in [1.82, 2.24) is 4.90 Å². The molecule has 0 radical (unpaired) electrons. The van der Waals surface area contributed by atoms with Crippen molar-refractivity contribution in [3.05, 3.63) is 0 Å². The Bertz CT molecular complexity index is 352. The summed E-state index contributed by atoms with van der Waals surface area (Å²) >= 11 is 1.93. The molecule has 1 amide bonds. The van der Waals surface area contributed by atoms with Crippen molar-refractivity contribution in [3.8, 4) is 0 Å². The molecule has 0 saturated carbocycles. The van der Waals surface area contributed by atoms with Gasteiger partial charge in [0.05, 0.1) is 7.11 Å². The van der Waals surface area contributed by atoms with E-state index in [9.17, 15) is 9.59 Å². The van der Waals surface area contributed by atoms with Crippen LogP contribution in [0.25, 0.3) is 0 Å². The van der Waals surface area contributed by atoms with Gasteiger partial charge >= 0.3 is 5.97 Å². The lowest BCUT2D eigenvalue weighted by Gasteiger charge is -2.37. The van der Waals surface area contributed by atoms with E-state index in [1.54, 1.807) is 0 Å². The average molecular weight is 315 g/mol. The van der Waals surface area contributed by atoms with Crippen LogP contribution in [-0.4, -0.2) is 47.0 Å². The number of esters is 1. The first kappa shape index (κ1) is 18.3. The molecule has 0 aromatic heterocycles. The van der Waals surface area contributed by atoms with Crippen LogP contribution >= 0.6 is 11.8 Å². The van der Waals surface area contributed by atoms with Gasteiger partial charge < -0.3 is 9.64 Å². The first-order valence-corrected chi connectivity index (χ1v) is 8.82. The predicted octanol–water partition coefficient (Wildman–Crippen LogP) is 3.24. The molecule has 21 heavy (non-hydrogen) atoms. The molecule has 0 spiro atoms. The van der Waals surface area contributed by atoms with Gasteiger partial charge in [0.25, 0.3) is 0 Å². The standard InChI is InChI=1S/C16H29NO3S/c1-16(2,3)21-12-13-8-5-6-11-17(13)14(18)9-7-10-15(19)20-4/h13H,5-12H2,1-4H3/t13-/m1/s1. The third-order valence-electron chi connectivity index (χ3n) is 3.66. The zero-order valence-electron chi connectivity index (χ0n) is 13.8. The minimum absolute atomic E-state index is 0.193. The zero-order valence-corrected chi connectivity index (χ0v) is 14.6. The van der Waals surface area contributed by atoms with Crippen molar-refractivity contribution in [3.63, 3.8) is 0 Å². The summed E-state index contributed by atoms with van der Waals surface area (Å²) in [6.45, 7) is 7.50. The molecule has 122 valence electrons. The Morgan fingerprint density at radius 2 is 1.95 bits per heavy atom. The number of likely N-dealkylation sites (tertiary alicyclic amines) is 1. The van der Waals surface area contributed by atoms with E-state index in [0.29, 0.717) is 25.3 Å². The number of carbonyl (C=O) groups excluding carboxylic acids is 2. The van der Waals surface area contributed by atoms with Crippen molar-refractivity contribution in [2.24, 2.45) is 0 Å². The molecule has 4 nitrogen and oxygen atoms in total. The van der Waals surface area contributed by atoms with Crippen molar-refractivity contribution in [2.75, 3.05) is 19.4 Å². The number of thioether (sulfide) groups is 1. The summed E-state index contributed by atoms with van der Waals surface area (Å²) in [6.07, 6.45) is 4.77. The molecule has 0 aromatic rings.